The van der Waals surface area contributed by atoms with Crippen LogP contribution in [0.2, 0.25) is 0 Å². The predicted octanol–water partition coefficient (Wildman–Crippen LogP) is 0.993. The van der Waals surface area contributed by atoms with Gasteiger partial charge in [0.05, 0.1) is 13.1 Å². The summed E-state index contributed by atoms with van der Waals surface area (Å²) in [5, 5.41) is 16.0. The molecule has 0 saturated heterocycles. The second kappa shape index (κ2) is 4.45. The number of hydrogen-bond acceptors (Lipinski definition) is 5. The summed E-state index contributed by atoms with van der Waals surface area (Å²) in [6.07, 6.45) is -0.485. The van der Waals surface area contributed by atoms with Crippen molar-refractivity contribution in [3.05, 3.63) is 11.3 Å². The van der Waals surface area contributed by atoms with E-state index in [1.807, 2.05) is 0 Å². The van der Waals surface area contributed by atoms with E-state index in [0.29, 0.717) is 11.3 Å². The Kier molecular flexibility index (Phi) is 3.42. The number of nitrogens with zero attached hydrogens (tertiary/aromatic N) is 2. The monoisotopic (exact) mass is 236 g/mol. The number of nitrogens with two attached hydrogens (primary N) is 1. The first-order chi connectivity index (χ1) is 7.74. The maximum atomic E-state index is 11.7. The zero-order valence-corrected chi connectivity index (χ0v) is 10.2. The maximum Gasteiger partial charge on any atom is 0.410 e. The van der Waals surface area contributed by atoms with Crippen molar-refractivity contribution >= 4 is 11.8 Å². The van der Waals surface area contributed by atoms with Crippen molar-refractivity contribution in [2.24, 2.45) is 5.73 Å². The smallest absolute Gasteiger partial charge is 0.410 e. The summed E-state index contributed by atoms with van der Waals surface area (Å²) < 4.78 is 5.18. The molecule has 0 aliphatic carbocycles. The van der Waals surface area contributed by atoms with Crippen LogP contribution in [0.1, 0.15) is 20.8 Å². The Morgan fingerprint density at radius 1 is 1.53 bits per heavy atom. The van der Waals surface area contributed by atoms with Crippen LogP contribution in [0.15, 0.2) is 11.3 Å². The number of amides is 1. The molecule has 0 aromatic carbocycles. The van der Waals surface area contributed by atoms with Crippen LogP contribution in [0.3, 0.4) is 0 Å². The van der Waals surface area contributed by atoms with E-state index in [9.17, 15) is 4.79 Å². The average Bonchev–Trinajstić information content (AvgIpc) is 2.57. The zero-order chi connectivity index (χ0) is 13.2. The number of hydrogen-bond donors (Lipinski definition) is 2. The molecule has 92 valence electrons. The lowest BCUT2D eigenvalue weighted by atomic mass is 10.1. The third kappa shape index (κ3) is 3.21. The number of carbonyl (C=O) groups excluding carboxylic acids is 1. The Balaban J connectivity index is 2.69. The molecule has 1 aliphatic heterocycles. The standard InChI is InChI=1S/C11H16N4O2/c1-11(2,3)17-10(16)15-5-7(8(13)4-12)9(14)6-15/h13H,5-6,14H2,1-3H3. The molecular formula is C11H16N4O2. The van der Waals surface area contributed by atoms with Crippen LogP contribution in [-0.2, 0) is 4.74 Å². The first kappa shape index (κ1) is 13.0. The van der Waals surface area contributed by atoms with Gasteiger partial charge in [0.25, 0.3) is 0 Å². The molecule has 0 aromatic rings. The minimum atomic E-state index is -0.572. The van der Waals surface area contributed by atoms with E-state index in [1.54, 1.807) is 26.8 Å². The SMILES string of the molecule is CC(C)(C)OC(=O)N1CC(N)=C(C(=N)C#N)C1. The molecule has 1 amide bonds. The number of ether oxygens (including phenoxy) is 1. The lowest BCUT2D eigenvalue weighted by molar-refractivity contribution is 0.0300. The molecule has 0 bridgehead atoms. The Hall–Kier alpha value is -2.03. The van der Waals surface area contributed by atoms with Gasteiger partial charge < -0.3 is 10.5 Å². The minimum Gasteiger partial charge on any atom is -0.444 e. The van der Waals surface area contributed by atoms with Gasteiger partial charge in [0.1, 0.15) is 17.4 Å². The Morgan fingerprint density at radius 2 is 2.12 bits per heavy atom. The summed E-state index contributed by atoms with van der Waals surface area (Å²) in [5.41, 5.74) is 5.69. The molecule has 6 nitrogen and oxygen atoms in total. The number of carbonyl (C=O) groups is 1. The van der Waals surface area contributed by atoms with Crippen LogP contribution >= 0.6 is 0 Å². The van der Waals surface area contributed by atoms with E-state index < -0.39 is 11.7 Å². The summed E-state index contributed by atoms with van der Waals surface area (Å²) in [6.45, 7) is 5.68. The van der Waals surface area contributed by atoms with Gasteiger partial charge in [-0.2, -0.15) is 5.26 Å². The van der Waals surface area contributed by atoms with Crippen LogP contribution in [0, 0.1) is 16.7 Å². The molecule has 3 N–H and O–H groups in total. The van der Waals surface area contributed by atoms with Gasteiger partial charge >= 0.3 is 6.09 Å². The molecule has 0 radical (unpaired) electrons. The highest BCUT2D eigenvalue weighted by atomic mass is 16.6. The second-order valence-corrected chi connectivity index (χ2v) is 4.83. The van der Waals surface area contributed by atoms with E-state index in [-0.39, 0.29) is 18.8 Å². The molecule has 1 rings (SSSR count). The summed E-state index contributed by atoms with van der Waals surface area (Å²) in [4.78, 5) is 13.1. The van der Waals surface area contributed by atoms with E-state index in [1.165, 1.54) is 4.90 Å². The van der Waals surface area contributed by atoms with Crippen molar-refractivity contribution in [3.63, 3.8) is 0 Å². The molecule has 0 atom stereocenters. The quantitative estimate of drug-likeness (QED) is 0.662. The van der Waals surface area contributed by atoms with Crippen molar-refractivity contribution in [3.8, 4) is 6.07 Å². The summed E-state index contributed by atoms with van der Waals surface area (Å²) in [7, 11) is 0. The second-order valence-electron chi connectivity index (χ2n) is 4.83. The van der Waals surface area contributed by atoms with Gasteiger partial charge in [0.15, 0.2) is 0 Å². The molecule has 1 heterocycles. The van der Waals surface area contributed by atoms with Crippen molar-refractivity contribution in [2.75, 3.05) is 13.1 Å². The normalized spacial score (nSPS) is 15.8. The van der Waals surface area contributed by atoms with Gasteiger partial charge in [0, 0.05) is 11.3 Å². The van der Waals surface area contributed by atoms with Gasteiger partial charge in [-0.15, -0.1) is 0 Å². The highest BCUT2D eigenvalue weighted by molar-refractivity contribution is 6.10. The number of nitrogens with one attached hydrogen (secondary N) is 1. The fourth-order valence-electron chi connectivity index (χ4n) is 1.41. The van der Waals surface area contributed by atoms with E-state index in [4.69, 9.17) is 21.1 Å². The average molecular weight is 236 g/mol. The third-order valence-corrected chi connectivity index (χ3v) is 2.16. The predicted molar refractivity (Wildman–Crippen MR) is 62.4 cm³/mol. The number of rotatable bonds is 1. The fourth-order valence-corrected chi connectivity index (χ4v) is 1.41. The largest absolute Gasteiger partial charge is 0.444 e. The lowest BCUT2D eigenvalue weighted by Crippen LogP contribution is -2.36. The zero-order valence-electron chi connectivity index (χ0n) is 10.2. The third-order valence-electron chi connectivity index (χ3n) is 2.16. The van der Waals surface area contributed by atoms with Crippen LogP contribution in [0.25, 0.3) is 0 Å². The fraction of sp³-hybridized carbons (Fsp3) is 0.545. The molecular weight excluding hydrogens is 220 g/mol. The Labute approximate surface area is 100 Å². The van der Waals surface area contributed by atoms with Crippen LogP contribution in [0.4, 0.5) is 4.79 Å². The Bertz CT molecular complexity index is 426. The van der Waals surface area contributed by atoms with E-state index >= 15 is 0 Å². The van der Waals surface area contributed by atoms with Gasteiger partial charge in [-0.05, 0) is 20.8 Å². The van der Waals surface area contributed by atoms with Gasteiger partial charge in [-0.25, -0.2) is 4.79 Å². The molecule has 0 aromatic heterocycles. The lowest BCUT2D eigenvalue weighted by Gasteiger charge is -2.24. The van der Waals surface area contributed by atoms with Crippen molar-refractivity contribution in [1.82, 2.24) is 4.90 Å². The molecule has 17 heavy (non-hydrogen) atoms. The van der Waals surface area contributed by atoms with Crippen LogP contribution < -0.4 is 5.73 Å². The van der Waals surface area contributed by atoms with E-state index in [0.717, 1.165) is 0 Å². The molecule has 0 spiro atoms. The number of nitriles is 1. The molecule has 1 aliphatic rings. The first-order valence-corrected chi connectivity index (χ1v) is 5.19. The summed E-state index contributed by atoms with van der Waals surface area (Å²) >= 11 is 0. The summed E-state index contributed by atoms with van der Waals surface area (Å²) in [5.74, 6) is 0. The topological polar surface area (TPSA) is 103 Å². The first-order valence-electron chi connectivity index (χ1n) is 5.19. The van der Waals surface area contributed by atoms with Crippen molar-refractivity contribution in [1.29, 1.82) is 10.7 Å². The molecule has 6 heteroatoms. The highest BCUT2D eigenvalue weighted by Crippen LogP contribution is 2.18. The highest BCUT2D eigenvalue weighted by Gasteiger charge is 2.29. The molecule has 0 saturated carbocycles. The van der Waals surface area contributed by atoms with Gasteiger partial charge in [-0.1, -0.05) is 0 Å². The van der Waals surface area contributed by atoms with Crippen LogP contribution in [-0.4, -0.2) is 35.4 Å². The van der Waals surface area contributed by atoms with Crippen molar-refractivity contribution in [2.45, 2.75) is 26.4 Å². The maximum absolute atomic E-state index is 11.7. The van der Waals surface area contributed by atoms with Crippen molar-refractivity contribution < 1.29 is 9.53 Å². The summed E-state index contributed by atoms with van der Waals surface area (Å²) in [6, 6.07) is 1.71. The minimum absolute atomic E-state index is 0.160. The molecule has 0 fully saturated rings. The van der Waals surface area contributed by atoms with Gasteiger partial charge in [0.2, 0.25) is 0 Å². The van der Waals surface area contributed by atoms with Crippen LogP contribution in [0.5, 0.6) is 0 Å². The molecule has 0 unspecified atom stereocenters. The Morgan fingerprint density at radius 3 is 2.59 bits per heavy atom. The van der Waals surface area contributed by atoms with Gasteiger partial charge in [-0.3, -0.25) is 10.3 Å². The van der Waals surface area contributed by atoms with E-state index in [2.05, 4.69) is 0 Å².